The first-order chi connectivity index (χ1) is 7.04. The number of hydrogen-bond donors (Lipinski definition) is 0. The first kappa shape index (κ1) is 12.1. The van der Waals surface area contributed by atoms with Gasteiger partial charge in [0, 0.05) is 19.6 Å². The Hall–Kier alpha value is 0.620. The van der Waals surface area contributed by atoms with Crippen LogP contribution in [0.2, 0.25) is 0 Å². The van der Waals surface area contributed by atoms with E-state index in [9.17, 15) is 0 Å². The fraction of sp³-hybridized carbons (Fsp3) is 0.636. The molecule has 0 aromatic carbocycles. The molecule has 0 bridgehead atoms. The van der Waals surface area contributed by atoms with Gasteiger partial charge >= 0.3 is 0 Å². The van der Waals surface area contributed by atoms with Gasteiger partial charge in [-0.15, -0.1) is 11.3 Å². The summed E-state index contributed by atoms with van der Waals surface area (Å²) < 4.78 is 7.30. The number of aryl methyl sites for hydroxylation is 1. The van der Waals surface area contributed by atoms with E-state index in [0.29, 0.717) is 6.10 Å². The van der Waals surface area contributed by atoms with E-state index < -0.39 is 0 Å². The topological polar surface area (TPSA) is 9.23 Å². The van der Waals surface area contributed by atoms with Crippen LogP contribution in [-0.4, -0.2) is 10.9 Å². The lowest BCUT2D eigenvalue weighted by Gasteiger charge is -2.21. The van der Waals surface area contributed by atoms with Crippen molar-refractivity contribution in [1.29, 1.82) is 0 Å². The molecule has 15 heavy (non-hydrogen) atoms. The molecule has 4 heteroatoms. The van der Waals surface area contributed by atoms with Crippen molar-refractivity contribution in [1.82, 2.24) is 0 Å². The zero-order valence-electron chi connectivity index (χ0n) is 8.85. The number of alkyl halides is 1. The van der Waals surface area contributed by atoms with Crippen molar-refractivity contribution in [3.8, 4) is 0 Å². The fourth-order valence-electron chi connectivity index (χ4n) is 1.84. The van der Waals surface area contributed by atoms with Crippen LogP contribution >= 0.6 is 43.2 Å². The van der Waals surface area contributed by atoms with Crippen molar-refractivity contribution in [2.75, 3.05) is 5.33 Å². The summed E-state index contributed by atoms with van der Waals surface area (Å²) in [7, 11) is 0. The van der Waals surface area contributed by atoms with Crippen molar-refractivity contribution in [3.05, 3.63) is 20.3 Å². The highest BCUT2D eigenvalue weighted by Gasteiger charge is 2.36. The number of hydrogen-bond acceptors (Lipinski definition) is 2. The quantitative estimate of drug-likeness (QED) is 0.692. The molecule has 2 rings (SSSR count). The second-order valence-corrected chi connectivity index (χ2v) is 6.98. The molecule has 0 saturated carbocycles. The normalized spacial score (nSPS) is 31.1. The summed E-state index contributed by atoms with van der Waals surface area (Å²) in [6.07, 6.45) is 2.56. The summed E-state index contributed by atoms with van der Waals surface area (Å²) in [5, 5.41) is 0.919. The third-order valence-corrected chi connectivity index (χ3v) is 6.25. The largest absolute Gasteiger partial charge is 0.366 e. The third-order valence-electron chi connectivity index (χ3n) is 2.84. The highest BCUT2D eigenvalue weighted by atomic mass is 79.9. The van der Waals surface area contributed by atoms with Gasteiger partial charge in [-0.25, -0.2) is 0 Å². The van der Waals surface area contributed by atoms with Crippen molar-refractivity contribution in [2.45, 2.75) is 38.4 Å². The van der Waals surface area contributed by atoms with Crippen LogP contribution in [0.15, 0.2) is 10.5 Å². The Kier molecular flexibility index (Phi) is 3.61. The monoisotopic (exact) mass is 352 g/mol. The maximum absolute atomic E-state index is 6.10. The Morgan fingerprint density at radius 2 is 2.40 bits per heavy atom. The van der Waals surface area contributed by atoms with Gasteiger partial charge in [0.05, 0.1) is 11.7 Å². The fourth-order valence-corrected chi connectivity index (χ4v) is 3.87. The molecule has 2 heterocycles. The average Bonchev–Trinajstić information content (AvgIpc) is 2.73. The molecule has 1 aromatic rings. The summed E-state index contributed by atoms with van der Waals surface area (Å²) in [4.78, 5) is 2.69. The van der Waals surface area contributed by atoms with Crippen molar-refractivity contribution in [3.63, 3.8) is 0 Å². The van der Waals surface area contributed by atoms with E-state index in [0.717, 1.165) is 18.2 Å². The van der Waals surface area contributed by atoms with E-state index in [-0.39, 0.29) is 5.60 Å². The maximum Gasteiger partial charge on any atom is 0.0926 e. The number of ether oxygens (including phenoxy) is 1. The lowest BCUT2D eigenvalue weighted by molar-refractivity contribution is -0.0105. The van der Waals surface area contributed by atoms with E-state index in [2.05, 4.69) is 51.8 Å². The highest BCUT2D eigenvalue weighted by molar-refractivity contribution is 9.10. The summed E-state index contributed by atoms with van der Waals surface area (Å²) in [6, 6.07) is 2.20. The highest BCUT2D eigenvalue weighted by Crippen LogP contribution is 2.43. The minimum Gasteiger partial charge on any atom is -0.366 e. The number of thiophene rings is 1. The van der Waals surface area contributed by atoms with Gasteiger partial charge in [0.2, 0.25) is 0 Å². The molecular weight excluding hydrogens is 340 g/mol. The molecule has 1 nitrogen and oxygen atoms in total. The van der Waals surface area contributed by atoms with E-state index in [1.807, 2.05) is 11.3 Å². The Balaban J connectivity index is 2.14. The minimum absolute atomic E-state index is 0.0229. The molecular formula is C11H14Br2OS. The summed E-state index contributed by atoms with van der Waals surface area (Å²) in [6.45, 7) is 4.31. The smallest absolute Gasteiger partial charge is 0.0926 e. The van der Waals surface area contributed by atoms with Gasteiger partial charge in [-0.3, -0.25) is 0 Å². The first-order valence-corrected chi connectivity index (χ1v) is 7.77. The van der Waals surface area contributed by atoms with Crippen LogP contribution in [0, 0.1) is 6.92 Å². The Morgan fingerprint density at radius 3 is 2.87 bits per heavy atom. The Labute approximate surface area is 111 Å². The van der Waals surface area contributed by atoms with Crippen LogP contribution in [0.5, 0.6) is 0 Å². The average molecular weight is 354 g/mol. The molecule has 84 valence electrons. The molecule has 1 aromatic heterocycles. The lowest BCUT2D eigenvalue weighted by Crippen LogP contribution is -2.24. The third kappa shape index (κ3) is 2.48. The van der Waals surface area contributed by atoms with Crippen LogP contribution < -0.4 is 0 Å². The molecule has 1 fully saturated rings. The minimum atomic E-state index is 0.0229. The number of halogens is 2. The standard InChI is InChI=1S/C11H14Br2OS/c1-7-8(13)5-10(15-7)9-3-4-11(2,6-12)14-9/h5,9H,3-4,6H2,1-2H3. The summed E-state index contributed by atoms with van der Waals surface area (Å²) >= 11 is 8.91. The van der Waals surface area contributed by atoms with E-state index >= 15 is 0 Å². The molecule has 0 amide bonds. The zero-order valence-corrected chi connectivity index (χ0v) is 12.8. The molecule has 2 unspecified atom stereocenters. The van der Waals surface area contributed by atoms with Gasteiger partial charge in [0.1, 0.15) is 0 Å². The van der Waals surface area contributed by atoms with Crippen LogP contribution in [0.3, 0.4) is 0 Å². The molecule has 0 spiro atoms. The van der Waals surface area contributed by atoms with E-state index in [1.165, 1.54) is 14.2 Å². The van der Waals surface area contributed by atoms with Gasteiger partial charge < -0.3 is 4.74 Å². The van der Waals surface area contributed by atoms with Crippen molar-refractivity contribution in [2.24, 2.45) is 0 Å². The molecule has 0 radical (unpaired) electrons. The van der Waals surface area contributed by atoms with Crippen LogP contribution in [0.1, 0.15) is 35.6 Å². The number of rotatable bonds is 2. The molecule has 1 aliphatic heterocycles. The summed E-state index contributed by atoms with van der Waals surface area (Å²) in [5.74, 6) is 0. The molecule has 2 atom stereocenters. The van der Waals surface area contributed by atoms with Crippen molar-refractivity contribution < 1.29 is 4.74 Å². The first-order valence-electron chi connectivity index (χ1n) is 5.04. The van der Waals surface area contributed by atoms with Crippen LogP contribution in [0.4, 0.5) is 0 Å². The van der Waals surface area contributed by atoms with Gasteiger partial charge in [0.15, 0.2) is 0 Å². The SMILES string of the molecule is Cc1sc(C2CCC(C)(CBr)O2)cc1Br. The summed E-state index contributed by atoms with van der Waals surface area (Å²) in [5.41, 5.74) is 0.0229. The van der Waals surface area contributed by atoms with E-state index in [1.54, 1.807) is 0 Å². The molecule has 0 aliphatic carbocycles. The lowest BCUT2D eigenvalue weighted by atomic mass is 10.1. The predicted octanol–water partition coefficient (Wildman–Crippen LogP) is 4.82. The van der Waals surface area contributed by atoms with E-state index in [4.69, 9.17) is 4.74 Å². The predicted molar refractivity (Wildman–Crippen MR) is 72.0 cm³/mol. The van der Waals surface area contributed by atoms with Crippen molar-refractivity contribution >= 4 is 43.2 Å². The molecule has 1 aliphatic rings. The second kappa shape index (κ2) is 4.47. The van der Waals surface area contributed by atoms with Gasteiger partial charge in [0.25, 0.3) is 0 Å². The van der Waals surface area contributed by atoms with Gasteiger partial charge in [-0.2, -0.15) is 0 Å². The maximum atomic E-state index is 6.10. The zero-order chi connectivity index (χ0) is 11.1. The molecule has 0 N–H and O–H groups in total. The van der Waals surface area contributed by atoms with Crippen LogP contribution in [0.25, 0.3) is 0 Å². The van der Waals surface area contributed by atoms with Gasteiger partial charge in [-0.1, -0.05) is 15.9 Å². The second-order valence-electron chi connectivity index (χ2n) is 4.28. The van der Waals surface area contributed by atoms with Crippen LogP contribution in [-0.2, 0) is 4.74 Å². The van der Waals surface area contributed by atoms with Gasteiger partial charge in [-0.05, 0) is 48.7 Å². The Morgan fingerprint density at radius 1 is 1.67 bits per heavy atom. The molecule has 1 saturated heterocycles. The Bertz CT molecular complexity index is 344.